The Morgan fingerprint density at radius 2 is 2.17 bits per heavy atom. The Hall–Kier alpha value is -1.50. The lowest BCUT2D eigenvalue weighted by Gasteiger charge is -2.33. The van der Waals surface area contributed by atoms with Gasteiger partial charge in [-0.1, -0.05) is 0 Å². The molecular weight excluding hydrogens is 230 g/mol. The van der Waals surface area contributed by atoms with Gasteiger partial charge >= 0.3 is 5.97 Å². The summed E-state index contributed by atoms with van der Waals surface area (Å²) in [7, 11) is 1.37. The Morgan fingerprint density at radius 1 is 1.39 bits per heavy atom. The molecule has 1 aliphatic heterocycles. The van der Waals surface area contributed by atoms with Gasteiger partial charge in [0.25, 0.3) is 0 Å². The Bertz CT molecular complexity index is 332. The second-order valence-corrected chi connectivity index (χ2v) is 4.53. The first kappa shape index (κ1) is 14.6. The van der Waals surface area contributed by atoms with Gasteiger partial charge in [-0.3, -0.25) is 4.79 Å². The zero-order valence-electron chi connectivity index (χ0n) is 11.0. The molecular formula is C14H21NO3. The quantitative estimate of drug-likeness (QED) is 0.425. The minimum absolute atomic E-state index is 0.0436. The zero-order valence-corrected chi connectivity index (χ0v) is 11.0. The number of esters is 1. The molecule has 4 heteroatoms. The van der Waals surface area contributed by atoms with E-state index in [4.69, 9.17) is 11.2 Å². The highest BCUT2D eigenvalue weighted by Gasteiger charge is 2.32. The molecule has 1 rings (SSSR count). The average molecular weight is 251 g/mol. The van der Waals surface area contributed by atoms with E-state index < -0.39 is 0 Å². The fourth-order valence-electron chi connectivity index (χ4n) is 2.26. The van der Waals surface area contributed by atoms with Gasteiger partial charge < -0.3 is 9.64 Å². The van der Waals surface area contributed by atoms with E-state index in [1.54, 1.807) is 4.90 Å². The molecule has 1 heterocycles. The highest BCUT2D eigenvalue weighted by molar-refractivity contribution is 5.84. The van der Waals surface area contributed by atoms with Crippen molar-refractivity contribution in [2.24, 2.45) is 0 Å². The van der Waals surface area contributed by atoms with Crippen LogP contribution in [0.3, 0.4) is 0 Å². The predicted octanol–water partition coefficient (Wildman–Crippen LogP) is 1.73. The van der Waals surface area contributed by atoms with E-state index in [0.717, 1.165) is 25.7 Å². The topological polar surface area (TPSA) is 46.6 Å². The molecule has 4 nitrogen and oxygen atoms in total. The molecule has 0 aromatic heterocycles. The minimum atomic E-state index is -0.385. The van der Waals surface area contributed by atoms with Crippen molar-refractivity contribution in [2.45, 2.75) is 51.0 Å². The van der Waals surface area contributed by atoms with Gasteiger partial charge in [0.1, 0.15) is 6.04 Å². The molecule has 0 unspecified atom stereocenters. The summed E-state index contributed by atoms with van der Waals surface area (Å²) in [6.45, 7) is 0.660. The number of amides is 1. The normalized spacial score (nSPS) is 19.1. The third kappa shape index (κ3) is 4.06. The molecule has 0 aliphatic carbocycles. The lowest BCUT2D eigenvalue weighted by molar-refractivity contribution is -0.154. The van der Waals surface area contributed by atoms with Crippen molar-refractivity contribution in [2.75, 3.05) is 13.7 Å². The monoisotopic (exact) mass is 251 g/mol. The third-order valence-electron chi connectivity index (χ3n) is 3.26. The molecule has 0 bridgehead atoms. The number of nitrogens with zero attached hydrogens (tertiary/aromatic N) is 1. The molecule has 1 aliphatic rings. The first-order chi connectivity index (χ1) is 8.70. The van der Waals surface area contributed by atoms with Crippen LogP contribution in [0.25, 0.3) is 0 Å². The summed E-state index contributed by atoms with van der Waals surface area (Å²) < 4.78 is 4.75. The van der Waals surface area contributed by atoms with Crippen molar-refractivity contribution in [3.63, 3.8) is 0 Å². The highest BCUT2D eigenvalue weighted by Crippen LogP contribution is 2.19. The number of ether oxygens (including phenoxy) is 1. The first-order valence-electron chi connectivity index (χ1n) is 6.51. The van der Waals surface area contributed by atoms with Gasteiger partial charge in [0, 0.05) is 19.4 Å². The maximum atomic E-state index is 12.1. The van der Waals surface area contributed by atoms with Gasteiger partial charge in [-0.05, 0) is 32.1 Å². The number of methoxy groups -OCH3 is 1. The summed E-state index contributed by atoms with van der Waals surface area (Å²) in [6.07, 6.45) is 10.6. The first-order valence-corrected chi connectivity index (χ1v) is 6.51. The second-order valence-electron chi connectivity index (χ2n) is 4.53. The Morgan fingerprint density at radius 3 is 2.83 bits per heavy atom. The Kier molecular flexibility index (Phi) is 6.27. The molecule has 0 spiro atoms. The van der Waals surface area contributed by atoms with Crippen LogP contribution in [0.4, 0.5) is 0 Å². The van der Waals surface area contributed by atoms with Gasteiger partial charge in [0.05, 0.1) is 7.11 Å². The van der Waals surface area contributed by atoms with Crippen molar-refractivity contribution in [1.29, 1.82) is 0 Å². The number of piperidine rings is 1. The molecule has 1 fully saturated rings. The number of likely N-dealkylation sites (tertiary alicyclic amines) is 1. The van der Waals surface area contributed by atoms with Crippen LogP contribution in [0.15, 0.2) is 0 Å². The number of unbranched alkanes of at least 4 members (excludes halogenated alkanes) is 2. The summed E-state index contributed by atoms with van der Waals surface area (Å²) >= 11 is 0. The minimum Gasteiger partial charge on any atom is -0.467 e. The van der Waals surface area contributed by atoms with E-state index in [9.17, 15) is 9.59 Å². The van der Waals surface area contributed by atoms with Crippen LogP contribution in [0.2, 0.25) is 0 Å². The van der Waals surface area contributed by atoms with E-state index in [0.29, 0.717) is 25.8 Å². The van der Waals surface area contributed by atoms with Gasteiger partial charge in [0.15, 0.2) is 0 Å². The van der Waals surface area contributed by atoms with Crippen molar-refractivity contribution in [3.8, 4) is 12.3 Å². The summed E-state index contributed by atoms with van der Waals surface area (Å²) in [5.41, 5.74) is 0. The van der Waals surface area contributed by atoms with Crippen LogP contribution in [0, 0.1) is 12.3 Å². The van der Waals surface area contributed by atoms with Crippen molar-refractivity contribution in [3.05, 3.63) is 0 Å². The van der Waals surface area contributed by atoms with Crippen molar-refractivity contribution in [1.82, 2.24) is 4.90 Å². The molecule has 0 N–H and O–H groups in total. The van der Waals surface area contributed by atoms with Gasteiger partial charge in [-0.25, -0.2) is 4.79 Å². The zero-order chi connectivity index (χ0) is 13.4. The van der Waals surface area contributed by atoms with Crippen molar-refractivity contribution >= 4 is 11.9 Å². The Balaban J connectivity index is 2.47. The molecule has 1 amide bonds. The third-order valence-corrected chi connectivity index (χ3v) is 3.26. The van der Waals surface area contributed by atoms with Crippen molar-refractivity contribution < 1.29 is 14.3 Å². The maximum absolute atomic E-state index is 12.1. The fourth-order valence-corrected chi connectivity index (χ4v) is 2.26. The second kappa shape index (κ2) is 7.75. The lowest BCUT2D eigenvalue weighted by Crippen LogP contribution is -2.48. The molecule has 0 aromatic carbocycles. The summed E-state index contributed by atoms with van der Waals surface area (Å²) in [4.78, 5) is 25.3. The van der Waals surface area contributed by atoms with E-state index in [2.05, 4.69) is 5.92 Å². The molecule has 100 valence electrons. The molecule has 18 heavy (non-hydrogen) atoms. The number of carbonyl (C=O) groups excluding carboxylic acids is 2. The largest absolute Gasteiger partial charge is 0.467 e. The van der Waals surface area contributed by atoms with Crippen LogP contribution < -0.4 is 0 Å². The van der Waals surface area contributed by atoms with Crippen LogP contribution in [0.1, 0.15) is 44.9 Å². The highest BCUT2D eigenvalue weighted by atomic mass is 16.5. The van der Waals surface area contributed by atoms with Crippen LogP contribution >= 0.6 is 0 Å². The van der Waals surface area contributed by atoms with Gasteiger partial charge in [-0.15, -0.1) is 12.3 Å². The average Bonchev–Trinajstić information content (AvgIpc) is 2.42. The molecule has 0 saturated carbocycles. The molecule has 0 radical (unpaired) electrons. The van der Waals surface area contributed by atoms with Crippen LogP contribution in [-0.2, 0) is 14.3 Å². The summed E-state index contributed by atoms with van der Waals surface area (Å²) in [6, 6.07) is -0.385. The van der Waals surface area contributed by atoms with Gasteiger partial charge in [-0.2, -0.15) is 0 Å². The number of rotatable bonds is 5. The summed E-state index contributed by atoms with van der Waals surface area (Å²) in [5.74, 6) is 2.30. The maximum Gasteiger partial charge on any atom is 0.328 e. The van der Waals surface area contributed by atoms with Gasteiger partial charge in [0.2, 0.25) is 5.91 Å². The SMILES string of the molecule is C#CCCCCC(=O)N1CCCC[C@@H]1C(=O)OC. The number of hydrogen-bond acceptors (Lipinski definition) is 3. The van der Waals surface area contributed by atoms with Crippen LogP contribution in [0.5, 0.6) is 0 Å². The van der Waals surface area contributed by atoms with Crippen LogP contribution in [-0.4, -0.2) is 36.5 Å². The number of carbonyl (C=O) groups is 2. The molecule has 1 atom stereocenters. The number of terminal acetylenes is 1. The molecule has 1 saturated heterocycles. The predicted molar refractivity (Wildman–Crippen MR) is 68.7 cm³/mol. The number of hydrogen-bond donors (Lipinski definition) is 0. The lowest BCUT2D eigenvalue weighted by atomic mass is 10.0. The summed E-state index contributed by atoms with van der Waals surface area (Å²) in [5, 5.41) is 0. The van der Waals surface area contributed by atoms with E-state index in [1.165, 1.54) is 7.11 Å². The standard InChI is InChI=1S/C14H21NO3/c1-3-4-5-6-10-13(16)15-11-8-7-9-12(15)14(17)18-2/h1,12H,4-11H2,2H3/t12-/m1/s1. The fraction of sp³-hybridized carbons (Fsp3) is 0.714. The van der Waals surface area contributed by atoms with E-state index in [1.807, 2.05) is 0 Å². The molecule has 0 aromatic rings. The van der Waals surface area contributed by atoms with E-state index in [-0.39, 0.29) is 17.9 Å². The Labute approximate surface area is 109 Å². The smallest absolute Gasteiger partial charge is 0.328 e. The van der Waals surface area contributed by atoms with E-state index >= 15 is 0 Å².